The van der Waals surface area contributed by atoms with Gasteiger partial charge < -0.3 is 13.9 Å². The molecule has 0 unspecified atom stereocenters. The normalized spacial score (nSPS) is 24.0. The molecule has 1 fully saturated rings. The lowest BCUT2D eigenvalue weighted by Crippen LogP contribution is -2.36. The molecule has 1 heterocycles. The molecule has 0 aliphatic heterocycles. The van der Waals surface area contributed by atoms with Gasteiger partial charge in [0.05, 0.1) is 0 Å². The largest absolute Gasteiger partial charge is 0.466 e. The van der Waals surface area contributed by atoms with E-state index in [1.165, 1.54) is 6.42 Å². The fourth-order valence-corrected chi connectivity index (χ4v) is 3.49. The lowest BCUT2D eigenvalue weighted by molar-refractivity contribution is -0.159. The van der Waals surface area contributed by atoms with Gasteiger partial charge in [0.1, 0.15) is 23.2 Å². The third-order valence-electron chi connectivity index (χ3n) is 4.83. The SMILES string of the molecule is Cc1cc(C(=O)OCC(=O)O[C@H]2C[C@@H](C)CC[C@@H]2C(C)C)c(C)o1. The van der Waals surface area contributed by atoms with E-state index in [0.29, 0.717) is 34.8 Å². The van der Waals surface area contributed by atoms with Crippen molar-refractivity contribution in [3.8, 4) is 0 Å². The zero-order valence-electron chi connectivity index (χ0n) is 15.3. The third kappa shape index (κ3) is 4.62. The van der Waals surface area contributed by atoms with Crippen molar-refractivity contribution in [1.29, 1.82) is 0 Å². The van der Waals surface area contributed by atoms with Crippen LogP contribution in [0.15, 0.2) is 10.5 Å². The fraction of sp³-hybridized carbons (Fsp3) is 0.684. The van der Waals surface area contributed by atoms with Gasteiger partial charge in [0, 0.05) is 0 Å². The lowest BCUT2D eigenvalue weighted by atomic mass is 9.75. The summed E-state index contributed by atoms with van der Waals surface area (Å²) in [4.78, 5) is 24.1. The Kier molecular flexibility index (Phi) is 6.08. The van der Waals surface area contributed by atoms with E-state index in [1.54, 1.807) is 19.9 Å². The van der Waals surface area contributed by atoms with Crippen molar-refractivity contribution in [2.75, 3.05) is 6.61 Å². The summed E-state index contributed by atoms with van der Waals surface area (Å²) in [6.45, 7) is 9.59. The molecule has 1 aliphatic rings. The third-order valence-corrected chi connectivity index (χ3v) is 4.83. The minimum absolute atomic E-state index is 0.0853. The molecule has 134 valence electrons. The summed E-state index contributed by atoms with van der Waals surface area (Å²) in [7, 11) is 0. The summed E-state index contributed by atoms with van der Waals surface area (Å²) in [6, 6.07) is 1.61. The molecule has 24 heavy (non-hydrogen) atoms. The van der Waals surface area contributed by atoms with Crippen molar-refractivity contribution in [1.82, 2.24) is 0 Å². The predicted octanol–water partition coefficient (Wildman–Crippen LogP) is 4.06. The molecule has 0 saturated heterocycles. The van der Waals surface area contributed by atoms with Gasteiger partial charge in [-0.25, -0.2) is 9.59 Å². The monoisotopic (exact) mass is 336 g/mol. The first kappa shape index (κ1) is 18.6. The molecule has 5 nitrogen and oxygen atoms in total. The average molecular weight is 336 g/mol. The molecular weight excluding hydrogens is 308 g/mol. The molecule has 0 amide bonds. The highest BCUT2D eigenvalue weighted by Crippen LogP contribution is 2.35. The maximum atomic E-state index is 12.1. The van der Waals surface area contributed by atoms with Gasteiger partial charge >= 0.3 is 11.9 Å². The number of ether oxygens (including phenoxy) is 2. The molecule has 0 N–H and O–H groups in total. The second-order valence-corrected chi connectivity index (χ2v) is 7.26. The highest BCUT2D eigenvalue weighted by atomic mass is 16.6. The Balaban J connectivity index is 1.88. The highest BCUT2D eigenvalue weighted by Gasteiger charge is 2.33. The van der Waals surface area contributed by atoms with Gasteiger partial charge in [-0.05, 0) is 50.5 Å². The van der Waals surface area contributed by atoms with Crippen molar-refractivity contribution in [2.24, 2.45) is 17.8 Å². The Hall–Kier alpha value is -1.78. The zero-order chi connectivity index (χ0) is 17.9. The maximum Gasteiger partial charge on any atom is 0.344 e. The van der Waals surface area contributed by atoms with E-state index in [1.807, 2.05) is 0 Å². The maximum absolute atomic E-state index is 12.1. The molecule has 1 aromatic rings. The van der Waals surface area contributed by atoms with Crippen LogP contribution in [0.5, 0.6) is 0 Å². The van der Waals surface area contributed by atoms with Gasteiger partial charge in [0.15, 0.2) is 6.61 Å². The van der Waals surface area contributed by atoms with Crippen LogP contribution in [0.2, 0.25) is 0 Å². The Bertz CT molecular complexity index is 587. The van der Waals surface area contributed by atoms with Crippen molar-refractivity contribution >= 4 is 11.9 Å². The van der Waals surface area contributed by atoms with Gasteiger partial charge in [-0.15, -0.1) is 0 Å². The lowest BCUT2D eigenvalue weighted by Gasteiger charge is -2.36. The predicted molar refractivity (Wildman–Crippen MR) is 89.7 cm³/mol. The van der Waals surface area contributed by atoms with Crippen LogP contribution in [-0.4, -0.2) is 24.6 Å². The van der Waals surface area contributed by atoms with Crippen molar-refractivity contribution in [3.63, 3.8) is 0 Å². The molecule has 3 atom stereocenters. The first-order valence-electron chi connectivity index (χ1n) is 8.71. The zero-order valence-corrected chi connectivity index (χ0v) is 15.3. The second kappa shape index (κ2) is 7.86. The summed E-state index contributed by atoms with van der Waals surface area (Å²) in [5.74, 6) is 1.49. The minimum atomic E-state index is -0.557. The summed E-state index contributed by atoms with van der Waals surface area (Å²) < 4.78 is 16.0. The summed E-state index contributed by atoms with van der Waals surface area (Å²) >= 11 is 0. The number of hydrogen-bond acceptors (Lipinski definition) is 5. The Morgan fingerprint density at radius 1 is 1.29 bits per heavy atom. The summed E-state index contributed by atoms with van der Waals surface area (Å²) in [6.07, 6.45) is 3.04. The van der Waals surface area contributed by atoms with E-state index in [-0.39, 0.29) is 12.7 Å². The Morgan fingerprint density at radius 2 is 2.00 bits per heavy atom. The first-order valence-corrected chi connectivity index (χ1v) is 8.71. The number of rotatable bonds is 5. The Morgan fingerprint density at radius 3 is 2.58 bits per heavy atom. The number of carbonyl (C=O) groups excluding carboxylic acids is 2. The van der Waals surface area contributed by atoms with E-state index < -0.39 is 11.9 Å². The van der Waals surface area contributed by atoms with Crippen molar-refractivity contribution in [2.45, 2.75) is 60.0 Å². The molecule has 1 aromatic heterocycles. The van der Waals surface area contributed by atoms with E-state index in [9.17, 15) is 9.59 Å². The number of esters is 2. The smallest absolute Gasteiger partial charge is 0.344 e. The van der Waals surface area contributed by atoms with Crippen LogP contribution in [-0.2, 0) is 14.3 Å². The minimum Gasteiger partial charge on any atom is -0.466 e. The molecule has 0 bridgehead atoms. The summed E-state index contributed by atoms with van der Waals surface area (Å²) in [5.41, 5.74) is 0.353. The van der Waals surface area contributed by atoms with Crippen LogP contribution in [0.4, 0.5) is 0 Å². The van der Waals surface area contributed by atoms with Crippen molar-refractivity contribution in [3.05, 3.63) is 23.2 Å². The fourth-order valence-electron chi connectivity index (χ4n) is 3.49. The number of carbonyl (C=O) groups is 2. The number of hydrogen-bond donors (Lipinski definition) is 0. The molecule has 1 saturated carbocycles. The van der Waals surface area contributed by atoms with E-state index in [4.69, 9.17) is 13.9 Å². The van der Waals surface area contributed by atoms with Crippen LogP contribution in [0.25, 0.3) is 0 Å². The number of aryl methyl sites for hydroxylation is 2. The topological polar surface area (TPSA) is 65.7 Å². The quantitative estimate of drug-likeness (QED) is 0.759. The van der Waals surface area contributed by atoms with Gasteiger partial charge in [0.25, 0.3) is 0 Å². The van der Waals surface area contributed by atoms with E-state index in [0.717, 1.165) is 12.8 Å². The van der Waals surface area contributed by atoms with Gasteiger partial charge in [-0.1, -0.05) is 27.2 Å². The molecule has 0 spiro atoms. The van der Waals surface area contributed by atoms with Gasteiger partial charge in [0.2, 0.25) is 0 Å². The van der Waals surface area contributed by atoms with Crippen LogP contribution in [0.1, 0.15) is 61.9 Å². The molecule has 0 aromatic carbocycles. The molecular formula is C19H28O5. The van der Waals surface area contributed by atoms with E-state index >= 15 is 0 Å². The van der Waals surface area contributed by atoms with Crippen molar-refractivity contribution < 1.29 is 23.5 Å². The second-order valence-electron chi connectivity index (χ2n) is 7.26. The van der Waals surface area contributed by atoms with Crippen LogP contribution < -0.4 is 0 Å². The van der Waals surface area contributed by atoms with Gasteiger partial charge in [-0.2, -0.15) is 0 Å². The summed E-state index contributed by atoms with van der Waals surface area (Å²) in [5, 5.41) is 0. The van der Waals surface area contributed by atoms with Crippen LogP contribution >= 0.6 is 0 Å². The van der Waals surface area contributed by atoms with Crippen LogP contribution in [0, 0.1) is 31.6 Å². The van der Waals surface area contributed by atoms with Gasteiger partial charge in [-0.3, -0.25) is 0 Å². The molecule has 1 aliphatic carbocycles. The molecule has 0 radical (unpaired) electrons. The number of furan rings is 1. The van der Waals surface area contributed by atoms with Crippen LogP contribution in [0.3, 0.4) is 0 Å². The molecule has 5 heteroatoms. The highest BCUT2D eigenvalue weighted by molar-refractivity contribution is 5.91. The Labute approximate surface area is 143 Å². The first-order chi connectivity index (χ1) is 11.3. The molecule has 2 rings (SSSR count). The van der Waals surface area contributed by atoms with E-state index in [2.05, 4.69) is 20.8 Å². The average Bonchev–Trinajstić information content (AvgIpc) is 2.83. The standard InChI is InChI=1S/C19H28O5/c1-11(2)15-7-6-12(3)8-17(15)24-18(20)10-22-19(21)16-9-13(4)23-14(16)5/h9,11-12,15,17H,6-8,10H2,1-5H3/t12-,15+,17-/m0/s1.